The van der Waals surface area contributed by atoms with Crippen molar-refractivity contribution in [1.29, 1.82) is 0 Å². The fraction of sp³-hybridized carbons (Fsp3) is 0.684. The first-order chi connectivity index (χ1) is 11.6. The summed E-state index contributed by atoms with van der Waals surface area (Å²) in [6.07, 6.45) is 5.32. The van der Waals surface area contributed by atoms with E-state index in [1.165, 1.54) is 0 Å². The normalized spacial score (nSPS) is 22.2. The third-order valence-corrected chi connectivity index (χ3v) is 5.06. The number of halogens is 1. The van der Waals surface area contributed by atoms with Gasteiger partial charge in [0.25, 0.3) is 0 Å². The summed E-state index contributed by atoms with van der Waals surface area (Å²) in [5, 5.41) is 0. The summed E-state index contributed by atoms with van der Waals surface area (Å²) in [6, 6.07) is 1.92. The Labute approximate surface area is 143 Å². The van der Waals surface area contributed by atoms with E-state index in [-0.39, 0.29) is 23.8 Å². The van der Waals surface area contributed by atoms with Crippen LogP contribution in [0, 0.1) is 24.7 Å². The summed E-state index contributed by atoms with van der Waals surface area (Å²) in [5.74, 6) is -0.107. The standard InChI is InChI=1S/C19H28FNO3/c1-4-23-12-17(19(22)24-5-2)15-8-6-14(7-9-15)16-10-11-21-18(20)13(16)3/h10-11,14-15,17H,4-9,12H2,1-3H3. The number of hydrogen-bond donors (Lipinski definition) is 0. The molecule has 4 nitrogen and oxygen atoms in total. The van der Waals surface area contributed by atoms with Gasteiger partial charge in [0.15, 0.2) is 0 Å². The van der Waals surface area contributed by atoms with Crippen LogP contribution in [0.25, 0.3) is 0 Å². The van der Waals surface area contributed by atoms with Crippen molar-refractivity contribution in [1.82, 2.24) is 4.98 Å². The molecule has 1 fully saturated rings. The summed E-state index contributed by atoms with van der Waals surface area (Å²) in [4.78, 5) is 15.9. The maximum atomic E-state index is 13.7. The first kappa shape index (κ1) is 18.8. The molecule has 24 heavy (non-hydrogen) atoms. The topological polar surface area (TPSA) is 48.4 Å². The molecule has 5 heteroatoms. The van der Waals surface area contributed by atoms with E-state index in [2.05, 4.69) is 4.98 Å². The van der Waals surface area contributed by atoms with E-state index in [0.29, 0.717) is 31.3 Å². The average Bonchev–Trinajstić information content (AvgIpc) is 2.59. The van der Waals surface area contributed by atoms with Crippen LogP contribution in [0.4, 0.5) is 4.39 Å². The molecule has 1 aromatic heterocycles. The summed E-state index contributed by atoms with van der Waals surface area (Å²) < 4.78 is 24.4. The first-order valence-electron chi connectivity index (χ1n) is 8.93. The SMILES string of the molecule is CCOCC(C(=O)OCC)C1CCC(c2ccnc(F)c2C)CC1. The highest BCUT2D eigenvalue weighted by atomic mass is 19.1. The Morgan fingerprint density at radius 1 is 1.29 bits per heavy atom. The molecule has 0 aliphatic heterocycles. The minimum atomic E-state index is -0.379. The van der Waals surface area contributed by atoms with Gasteiger partial charge in [0.05, 0.1) is 19.1 Å². The second-order valence-corrected chi connectivity index (χ2v) is 6.45. The third kappa shape index (κ3) is 4.53. The van der Waals surface area contributed by atoms with Gasteiger partial charge in [0.1, 0.15) is 0 Å². The highest BCUT2D eigenvalue weighted by Crippen LogP contribution is 2.40. The molecule has 0 N–H and O–H groups in total. The van der Waals surface area contributed by atoms with Crippen molar-refractivity contribution in [2.45, 2.75) is 52.4 Å². The van der Waals surface area contributed by atoms with Crippen LogP contribution in [-0.2, 0) is 14.3 Å². The molecule has 1 aromatic rings. The van der Waals surface area contributed by atoms with Gasteiger partial charge in [-0.05, 0) is 69.9 Å². The number of hydrogen-bond acceptors (Lipinski definition) is 4. The zero-order valence-electron chi connectivity index (χ0n) is 14.9. The Morgan fingerprint density at radius 3 is 2.62 bits per heavy atom. The second-order valence-electron chi connectivity index (χ2n) is 6.45. The molecule has 0 aromatic carbocycles. The van der Waals surface area contributed by atoms with Crippen LogP contribution in [0.2, 0.25) is 0 Å². The van der Waals surface area contributed by atoms with Gasteiger partial charge in [-0.2, -0.15) is 4.39 Å². The molecule has 1 heterocycles. The van der Waals surface area contributed by atoms with Crippen molar-refractivity contribution in [2.75, 3.05) is 19.8 Å². The van der Waals surface area contributed by atoms with E-state index >= 15 is 0 Å². The molecule has 0 bridgehead atoms. The van der Waals surface area contributed by atoms with Crippen LogP contribution in [0.1, 0.15) is 56.6 Å². The van der Waals surface area contributed by atoms with Crippen LogP contribution in [-0.4, -0.2) is 30.8 Å². The predicted octanol–water partition coefficient (Wildman–Crippen LogP) is 4.02. The first-order valence-corrected chi connectivity index (χ1v) is 8.93. The molecule has 1 saturated carbocycles. The number of ether oxygens (including phenoxy) is 2. The Hall–Kier alpha value is -1.49. The smallest absolute Gasteiger partial charge is 0.311 e. The number of esters is 1. The van der Waals surface area contributed by atoms with E-state index in [4.69, 9.17) is 9.47 Å². The van der Waals surface area contributed by atoms with Gasteiger partial charge in [-0.1, -0.05) is 0 Å². The molecular formula is C19H28FNO3. The third-order valence-electron chi connectivity index (χ3n) is 5.06. The molecular weight excluding hydrogens is 309 g/mol. The van der Waals surface area contributed by atoms with Crippen molar-refractivity contribution in [2.24, 2.45) is 11.8 Å². The van der Waals surface area contributed by atoms with Gasteiger partial charge < -0.3 is 9.47 Å². The van der Waals surface area contributed by atoms with Crippen molar-refractivity contribution in [3.05, 3.63) is 29.3 Å². The van der Waals surface area contributed by atoms with Crippen LogP contribution in [0.5, 0.6) is 0 Å². The number of aromatic nitrogens is 1. The molecule has 2 rings (SSSR count). The maximum Gasteiger partial charge on any atom is 0.311 e. The Balaban J connectivity index is 2.01. The fourth-order valence-corrected chi connectivity index (χ4v) is 3.69. The van der Waals surface area contributed by atoms with E-state index in [0.717, 1.165) is 31.2 Å². The van der Waals surface area contributed by atoms with Crippen LogP contribution >= 0.6 is 0 Å². The molecule has 1 aliphatic rings. The number of pyridine rings is 1. The summed E-state index contributed by atoms with van der Waals surface area (Å²) in [6.45, 7) is 6.97. The Morgan fingerprint density at radius 2 is 2.00 bits per heavy atom. The van der Waals surface area contributed by atoms with Gasteiger partial charge in [-0.3, -0.25) is 4.79 Å². The van der Waals surface area contributed by atoms with Crippen molar-refractivity contribution in [3.8, 4) is 0 Å². The lowest BCUT2D eigenvalue weighted by Gasteiger charge is -2.33. The molecule has 1 aliphatic carbocycles. The van der Waals surface area contributed by atoms with E-state index in [1.54, 1.807) is 13.1 Å². The highest BCUT2D eigenvalue weighted by Gasteiger charge is 2.34. The van der Waals surface area contributed by atoms with E-state index in [9.17, 15) is 9.18 Å². The highest BCUT2D eigenvalue weighted by molar-refractivity contribution is 5.73. The molecule has 0 amide bonds. The predicted molar refractivity (Wildman–Crippen MR) is 90.2 cm³/mol. The van der Waals surface area contributed by atoms with E-state index in [1.807, 2.05) is 19.9 Å². The maximum absolute atomic E-state index is 13.7. The van der Waals surface area contributed by atoms with Gasteiger partial charge in [-0.15, -0.1) is 0 Å². The fourth-order valence-electron chi connectivity index (χ4n) is 3.69. The van der Waals surface area contributed by atoms with Crippen molar-refractivity contribution >= 4 is 5.97 Å². The summed E-state index contributed by atoms with van der Waals surface area (Å²) >= 11 is 0. The number of carbonyl (C=O) groups is 1. The van der Waals surface area contributed by atoms with Crippen molar-refractivity contribution < 1.29 is 18.7 Å². The zero-order chi connectivity index (χ0) is 17.5. The van der Waals surface area contributed by atoms with Crippen LogP contribution < -0.4 is 0 Å². The second kappa shape index (κ2) is 9.11. The molecule has 0 saturated heterocycles. The molecule has 134 valence electrons. The molecule has 1 atom stereocenters. The Kier molecular flexibility index (Phi) is 7.16. The molecule has 1 unspecified atom stereocenters. The lowest BCUT2D eigenvalue weighted by Crippen LogP contribution is -2.32. The minimum absolute atomic E-state index is 0.152. The lowest BCUT2D eigenvalue weighted by atomic mass is 9.73. The van der Waals surface area contributed by atoms with Crippen LogP contribution in [0.15, 0.2) is 12.3 Å². The minimum Gasteiger partial charge on any atom is -0.466 e. The summed E-state index contributed by atoms with van der Waals surface area (Å²) in [5.41, 5.74) is 1.70. The van der Waals surface area contributed by atoms with E-state index < -0.39 is 0 Å². The van der Waals surface area contributed by atoms with Crippen LogP contribution in [0.3, 0.4) is 0 Å². The molecule has 0 radical (unpaired) electrons. The zero-order valence-corrected chi connectivity index (χ0v) is 14.9. The average molecular weight is 337 g/mol. The van der Waals surface area contributed by atoms with Gasteiger partial charge in [0, 0.05) is 18.4 Å². The Bertz CT molecular complexity index is 541. The van der Waals surface area contributed by atoms with Crippen molar-refractivity contribution in [3.63, 3.8) is 0 Å². The van der Waals surface area contributed by atoms with Gasteiger partial charge in [0.2, 0.25) is 5.95 Å². The lowest BCUT2D eigenvalue weighted by molar-refractivity contribution is -0.153. The van der Waals surface area contributed by atoms with Gasteiger partial charge >= 0.3 is 5.97 Å². The van der Waals surface area contributed by atoms with Gasteiger partial charge in [-0.25, -0.2) is 4.98 Å². The number of carbonyl (C=O) groups excluding carboxylic acids is 1. The molecule has 0 spiro atoms. The summed E-state index contributed by atoms with van der Waals surface area (Å²) in [7, 11) is 0. The number of nitrogens with zero attached hydrogens (tertiary/aromatic N) is 1. The number of rotatable bonds is 7. The quantitative estimate of drug-likeness (QED) is 0.557. The largest absolute Gasteiger partial charge is 0.466 e. The monoisotopic (exact) mass is 337 g/mol.